The molecule has 1 amide bonds. The van der Waals surface area contributed by atoms with E-state index in [1.165, 1.54) is 51.4 Å². The van der Waals surface area contributed by atoms with Gasteiger partial charge in [0.15, 0.2) is 0 Å². The monoisotopic (exact) mass is 252 g/mol. The summed E-state index contributed by atoms with van der Waals surface area (Å²) in [6.07, 6.45) is 11.0. The third-order valence-electron chi connectivity index (χ3n) is 4.58. The molecule has 2 rings (SSSR count). The maximum atomic E-state index is 12.0. The maximum absolute atomic E-state index is 12.0. The Balaban J connectivity index is 1.67. The molecule has 0 radical (unpaired) electrons. The van der Waals surface area contributed by atoms with Gasteiger partial charge >= 0.3 is 0 Å². The lowest BCUT2D eigenvalue weighted by atomic mass is 9.95. The molecule has 2 aliphatic rings. The van der Waals surface area contributed by atoms with E-state index in [0.29, 0.717) is 5.92 Å². The second-order valence-electron chi connectivity index (χ2n) is 6.43. The van der Waals surface area contributed by atoms with Crippen LogP contribution in [0.1, 0.15) is 64.7 Å². The summed E-state index contributed by atoms with van der Waals surface area (Å²) in [7, 11) is 0. The zero-order valence-corrected chi connectivity index (χ0v) is 11.8. The van der Waals surface area contributed by atoms with Crippen LogP contribution in [0.5, 0.6) is 0 Å². The van der Waals surface area contributed by atoms with Crippen molar-refractivity contribution in [1.82, 2.24) is 10.6 Å². The topological polar surface area (TPSA) is 41.1 Å². The van der Waals surface area contributed by atoms with Gasteiger partial charge in [-0.2, -0.15) is 0 Å². The summed E-state index contributed by atoms with van der Waals surface area (Å²) in [5.41, 5.74) is 0.138. The Labute approximate surface area is 111 Å². The van der Waals surface area contributed by atoms with E-state index in [1.54, 1.807) is 0 Å². The molecule has 0 aromatic heterocycles. The molecular formula is C15H28N2O. The standard InChI is InChI=1S/C15H28N2O/c1-15(9-6-10-17-15)12-16-14(18)11-13-7-4-2-3-5-8-13/h13,17H,2-12H2,1H3,(H,16,18). The van der Waals surface area contributed by atoms with Crippen LogP contribution in [-0.2, 0) is 4.79 Å². The Bertz CT molecular complexity index is 264. The highest BCUT2D eigenvalue weighted by atomic mass is 16.1. The van der Waals surface area contributed by atoms with Crippen LogP contribution in [0.25, 0.3) is 0 Å². The van der Waals surface area contributed by atoms with Crippen molar-refractivity contribution in [2.45, 2.75) is 70.3 Å². The molecule has 18 heavy (non-hydrogen) atoms. The van der Waals surface area contributed by atoms with Crippen LogP contribution in [0.4, 0.5) is 0 Å². The van der Waals surface area contributed by atoms with E-state index in [-0.39, 0.29) is 11.4 Å². The van der Waals surface area contributed by atoms with Gasteiger partial charge in [0.1, 0.15) is 0 Å². The highest BCUT2D eigenvalue weighted by Crippen LogP contribution is 2.25. The first kappa shape index (κ1) is 13.9. The van der Waals surface area contributed by atoms with Gasteiger partial charge in [-0.3, -0.25) is 4.79 Å². The van der Waals surface area contributed by atoms with Crippen molar-refractivity contribution in [3.63, 3.8) is 0 Å². The lowest BCUT2D eigenvalue weighted by Crippen LogP contribution is -2.47. The molecular weight excluding hydrogens is 224 g/mol. The SMILES string of the molecule is CC1(CNC(=O)CC2CCCCCC2)CCCN1. The van der Waals surface area contributed by atoms with Gasteiger partial charge in [0.2, 0.25) is 5.91 Å². The van der Waals surface area contributed by atoms with Crippen LogP contribution in [0.2, 0.25) is 0 Å². The number of carbonyl (C=O) groups is 1. The van der Waals surface area contributed by atoms with Crippen molar-refractivity contribution in [1.29, 1.82) is 0 Å². The molecule has 2 fully saturated rings. The zero-order valence-electron chi connectivity index (χ0n) is 11.8. The molecule has 104 valence electrons. The third kappa shape index (κ3) is 4.27. The Kier molecular flexibility index (Phi) is 5.04. The molecule has 1 saturated heterocycles. The van der Waals surface area contributed by atoms with Crippen molar-refractivity contribution in [3.05, 3.63) is 0 Å². The van der Waals surface area contributed by atoms with Crippen molar-refractivity contribution in [2.75, 3.05) is 13.1 Å². The highest BCUT2D eigenvalue weighted by molar-refractivity contribution is 5.76. The minimum Gasteiger partial charge on any atom is -0.354 e. The van der Waals surface area contributed by atoms with Crippen molar-refractivity contribution < 1.29 is 4.79 Å². The molecule has 3 heteroatoms. The lowest BCUT2D eigenvalue weighted by molar-refractivity contribution is -0.122. The van der Waals surface area contributed by atoms with Crippen LogP contribution in [0.3, 0.4) is 0 Å². The van der Waals surface area contributed by atoms with Gasteiger partial charge in [-0.25, -0.2) is 0 Å². The number of rotatable bonds is 4. The molecule has 0 aromatic rings. The Morgan fingerprint density at radius 3 is 2.56 bits per heavy atom. The van der Waals surface area contributed by atoms with Crippen molar-refractivity contribution >= 4 is 5.91 Å². The summed E-state index contributed by atoms with van der Waals surface area (Å²) in [6, 6.07) is 0. The molecule has 3 nitrogen and oxygen atoms in total. The molecule has 0 spiro atoms. The van der Waals surface area contributed by atoms with Gasteiger partial charge in [-0.15, -0.1) is 0 Å². The Morgan fingerprint density at radius 1 is 1.22 bits per heavy atom. The zero-order chi connectivity index (χ0) is 12.8. The summed E-state index contributed by atoms with van der Waals surface area (Å²) in [5.74, 6) is 0.897. The van der Waals surface area contributed by atoms with Crippen LogP contribution >= 0.6 is 0 Å². The van der Waals surface area contributed by atoms with Gasteiger partial charge in [-0.05, 0) is 45.1 Å². The molecule has 1 aliphatic heterocycles. The average Bonchev–Trinajstić information content (AvgIpc) is 2.62. The summed E-state index contributed by atoms with van der Waals surface area (Å²) in [6.45, 7) is 4.10. The quantitative estimate of drug-likeness (QED) is 0.755. The van der Waals surface area contributed by atoms with Gasteiger partial charge < -0.3 is 10.6 Å². The molecule has 1 heterocycles. The summed E-state index contributed by atoms with van der Waals surface area (Å²) < 4.78 is 0. The third-order valence-corrected chi connectivity index (χ3v) is 4.58. The first-order valence-corrected chi connectivity index (χ1v) is 7.70. The fourth-order valence-electron chi connectivity index (χ4n) is 3.30. The summed E-state index contributed by atoms with van der Waals surface area (Å²) in [5, 5.41) is 6.62. The molecule has 2 N–H and O–H groups in total. The highest BCUT2D eigenvalue weighted by Gasteiger charge is 2.28. The predicted molar refractivity (Wildman–Crippen MR) is 74.5 cm³/mol. The Morgan fingerprint density at radius 2 is 1.94 bits per heavy atom. The summed E-state index contributed by atoms with van der Waals surface area (Å²) in [4.78, 5) is 12.0. The van der Waals surface area contributed by atoms with Crippen LogP contribution in [0, 0.1) is 5.92 Å². The molecule has 1 aliphatic carbocycles. The van der Waals surface area contributed by atoms with E-state index in [0.717, 1.165) is 19.5 Å². The van der Waals surface area contributed by atoms with E-state index in [2.05, 4.69) is 17.6 Å². The number of carbonyl (C=O) groups excluding carboxylic acids is 1. The van der Waals surface area contributed by atoms with Gasteiger partial charge in [0.25, 0.3) is 0 Å². The second-order valence-corrected chi connectivity index (χ2v) is 6.43. The molecule has 1 saturated carbocycles. The lowest BCUT2D eigenvalue weighted by Gasteiger charge is -2.25. The van der Waals surface area contributed by atoms with E-state index >= 15 is 0 Å². The van der Waals surface area contributed by atoms with E-state index < -0.39 is 0 Å². The smallest absolute Gasteiger partial charge is 0.220 e. The average molecular weight is 252 g/mol. The predicted octanol–water partition coefficient (Wildman–Crippen LogP) is 2.61. The van der Waals surface area contributed by atoms with E-state index in [4.69, 9.17) is 0 Å². The van der Waals surface area contributed by atoms with E-state index in [9.17, 15) is 4.79 Å². The number of nitrogens with one attached hydrogen (secondary N) is 2. The largest absolute Gasteiger partial charge is 0.354 e. The van der Waals surface area contributed by atoms with Gasteiger partial charge in [0.05, 0.1) is 0 Å². The molecule has 0 bridgehead atoms. The fourth-order valence-corrected chi connectivity index (χ4v) is 3.30. The normalized spacial score (nSPS) is 30.1. The van der Waals surface area contributed by atoms with E-state index in [1.807, 2.05) is 0 Å². The summed E-state index contributed by atoms with van der Waals surface area (Å²) >= 11 is 0. The van der Waals surface area contributed by atoms with Gasteiger partial charge in [-0.1, -0.05) is 25.7 Å². The van der Waals surface area contributed by atoms with Crippen LogP contribution in [-0.4, -0.2) is 24.5 Å². The molecule has 0 aromatic carbocycles. The maximum Gasteiger partial charge on any atom is 0.220 e. The second kappa shape index (κ2) is 6.55. The number of amides is 1. The minimum absolute atomic E-state index is 0.138. The van der Waals surface area contributed by atoms with Gasteiger partial charge in [0, 0.05) is 18.5 Å². The number of hydrogen-bond acceptors (Lipinski definition) is 2. The van der Waals surface area contributed by atoms with Crippen LogP contribution < -0.4 is 10.6 Å². The molecule has 1 unspecified atom stereocenters. The number of hydrogen-bond donors (Lipinski definition) is 2. The minimum atomic E-state index is 0.138. The Hall–Kier alpha value is -0.570. The van der Waals surface area contributed by atoms with Crippen molar-refractivity contribution in [3.8, 4) is 0 Å². The first-order chi connectivity index (χ1) is 8.68. The fraction of sp³-hybridized carbons (Fsp3) is 0.933. The first-order valence-electron chi connectivity index (χ1n) is 7.70. The van der Waals surface area contributed by atoms with Crippen LogP contribution in [0.15, 0.2) is 0 Å². The molecule has 1 atom stereocenters. The van der Waals surface area contributed by atoms with Crippen molar-refractivity contribution in [2.24, 2.45) is 5.92 Å².